The predicted molar refractivity (Wildman–Crippen MR) is 79.9 cm³/mol. The molecule has 110 valence electrons. The van der Waals surface area contributed by atoms with E-state index in [1.54, 1.807) is 7.11 Å². The van der Waals surface area contributed by atoms with Gasteiger partial charge in [-0.2, -0.15) is 0 Å². The predicted octanol–water partition coefficient (Wildman–Crippen LogP) is 4.25. The quantitative estimate of drug-likeness (QED) is 0.907. The highest BCUT2D eigenvalue weighted by atomic mass is 35.5. The zero-order valence-electron chi connectivity index (χ0n) is 12.3. The van der Waals surface area contributed by atoms with Crippen molar-refractivity contribution in [3.05, 3.63) is 27.8 Å². The van der Waals surface area contributed by atoms with Gasteiger partial charge in [-0.3, -0.25) is 4.79 Å². The molecule has 3 nitrogen and oxygen atoms in total. The highest BCUT2D eigenvalue weighted by Crippen LogP contribution is 2.47. The Bertz CT molecular complexity index is 531. The van der Waals surface area contributed by atoms with Crippen molar-refractivity contribution in [2.45, 2.75) is 51.4 Å². The summed E-state index contributed by atoms with van der Waals surface area (Å²) in [7, 11) is 1.55. The highest BCUT2D eigenvalue weighted by molar-refractivity contribution is 6.33. The maximum absolute atomic E-state index is 12.0. The number of carbonyl (C=O) groups is 1. The third kappa shape index (κ3) is 2.28. The van der Waals surface area contributed by atoms with Gasteiger partial charge in [-0.25, -0.2) is 0 Å². The normalized spacial score (nSPS) is 17.8. The summed E-state index contributed by atoms with van der Waals surface area (Å²) in [5.74, 6) is -0.242. The summed E-state index contributed by atoms with van der Waals surface area (Å²) >= 11 is 6.37. The van der Waals surface area contributed by atoms with Crippen molar-refractivity contribution in [3.63, 3.8) is 0 Å². The monoisotopic (exact) mass is 296 g/mol. The van der Waals surface area contributed by atoms with Crippen LogP contribution in [0.15, 0.2) is 6.07 Å². The number of rotatable bonds is 3. The molecule has 0 aliphatic heterocycles. The van der Waals surface area contributed by atoms with Gasteiger partial charge in [0.05, 0.1) is 17.5 Å². The summed E-state index contributed by atoms with van der Waals surface area (Å²) in [4.78, 5) is 12.0. The average molecular weight is 297 g/mol. The summed E-state index contributed by atoms with van der Waals surface area (Å²) in [6.07, 6.45) is 4.25. The fourth-order valence-corrected chi connectivity index (χ4v) is 3.49. The van der Waals surface area contributed by atoms with E-state index in [1.807, 2.05) is 19.9 Å². The van der Waals surface area contributed by atoms with Crippen molar-refractivity contribution in [1.82, 2.24) is 0 Å². The van der Waals surface area contributed by atoms with E-state index >= 15 is 0 Å². The van der Waals surface area contributed by atoms with Crippen LogP contribution in [0, 0.1) is 13.8 Å². The molecule has 0 amide bonds. The lowest BCUT2D eigenvalue weighted by Gasteiger charge is -2.35. The number of aliphatic carboxylic acids is 1. The van der Waals surface area contributed by atoms with E-state index in [4.69, 9.17) is 16.3 Å². The van der Waals surface area contributed by atoms with Gasteiger partial charge in [0.15, 0.2) is 0 Å². The molecule has 1 aromatic carbocycles. The molecule has 1 saturated carbocycles. The van der Waals surface area contributed by atoms with E-state index < -0.39 is 11.4 Å². The van der Waals surface area contributed by atoms with Crippen LogP contribution in [0.25, 0.3) is 0 Å². The molecule has 0 spiro atoms. The first-order chi connectivity index (χ1) is 9.44. The largest absolute Gasteiger partial charge is 0.495 e. The fourth-order valence-electron chi connectivity index (χ4n) is 3.16. The molecule has 1 aliphatic carbocycles. The molecule has 1 aromatic rings. The summed E-state index contributed by atoms with van der Waals surface area (Å²) < 4.78 is 5.45. The first-order valence-corrected chi connectivity index (χ1v) is 7.39. The maximum Gasteiger partial charge on any atom is 0.314 e. The molecule has 0 aromatic heterocycles. The minimum Gasteiger partial charge on any atom is -0.495 e. The number of aryl methyl sites for hydroxylation is 1. The maximum atomic E-state index is 12.0. The second-order valence-corrected chi connectivity index (χ2v) is 6.04. The van der Waals surface area contributed by atoms with E-state index in [1.165, 1.54) is 0 Å². The molecule has 0 heterocycles. The van der Waals surface area contributed by atoms with Crippen LogP contribution in [0.3, 0.4) is 0 Å². The molecule has 4 heteroatoms. The van der Waals surface area contributed by atoms with E-state index in [0.717, 1.165) is 36.0 Å². The molecule has 1 fully saturated rings. The van der Waals surface area contributed by atoms with Gasteiger partial charge in [-0.1, -0.05) is 36.9 Å². The molecule has 2 rings (SSSR count). The second-order valence-electron chi connectivity index (χ2n) is 5.66. The van der Waals surface area contributed by atoms with Crippen molar-refractivity contribution >= 4 is 17.6 Å². The van der Waals surface area contributed by atoms with Crippen LogP contribution in [-0.4, -0.2) is 18.2 Å². The van der Waals surface area contributed by atoms with E-state index in [0.29, 0.717) is 23.6 Å². The Morgan fingerprint density at radius 3 is 2.40 bits per heavy atom. The lowest BCUT2D eigenvalue weighted by atomic mass is 9.68. The Kier molecular flexibility index (Phi) is 4.28. The number of hydrogen-bond donors (Lipinski definition) is 1. The SMILES string of the molecule is COc1c(C2(C(=O)O)CCCCC2)cc(C)c(C)c1Cl. The number of methoxy groups -OCH3 is 1. The number of carboxylic acids is 1. The Morgan fingerprint density at radius 2 is 1.90 bits per heavy atom. The number of carboxylic acid groups (broad SMARTS) is 1. The first kappa shape index (κ1) is 15.2. The van der Waals surface area contributed by atoms with Crippen molar-refractivity contribution in [3.8, 4) is 5.75 Å². The van der Waals surface area contributed by atoms with Gasteiger partial charge in [-0.05, 0) is 37.8 Å². The minimum absolute atomic E-state index is 0.527. The molecule has 0 radical (unpaired) electrons. The standard InChI is InChI=1S/C16H21ClO3/c1-10-9-12(14(20-3)13(17)11(10)2)16(15(18)19)7-5-4-6-8-16/h9H,4-8H2,1-3H3,(H,18,19). The number of benzene rings is 1. The third-order valence-corrected chi connectivity index (χ3v) is 5.02. The van der Waals surface area contributed by atoms with Crippen molar-refractivity contribution in [2.24, 2.45) is 0 Å². The lowest BCUT2D eigenvalue weighted by Crippen LogP contribution is -2.38. The molecular weight excluding hydrogens is 276 g/mol. The van der Waals surface area contributed by atoms with E-state index in [2.05, 4.69) is 0 Å². The zero-order chi connectivity index (χ0) is 14.9. The van der Waals surface area contributed by atoms with Crippen molar-refractivity contribution in [2.75, 3.05) is 7.11 Å². The van der Waals surface area contributed by atoms with Crippen LogP contribution in [-0.2, 0) is 10.2 Å². The molecule has 0 bridgehead atoms. The Labute approximate surface area is 124 Å². The van der Waals surface area contributed by atoms with Crippen molar-refractivity contribution in [1.29, 1.82) is 0 Å². The van der Waals surface area contributed by atoms with Crippen LogP contribution in [0.1, 0.15) is 48.8 Å². The van der Waals surface area contributed by atoms with Gasteiger partial charge in [-0.15, -0.1) is 0 Å². The topological polar surface area (TPSA) is 46.5 Å². The van der Waals surface area contributed by atoms with Crippen LogP contribution in [0.5, 0.6) is 5.75 Å². The Hall–Kier alpha value is -1.22. The zero-order valence-corrected chi connectivity index (χ0v) is 13.0. The molecule has 1 aliphatic rings. The van der Waals surface area contributed by atoms with Crippen LogP contribution in [0.2, 0.25) is 5.02 Å². The van der Waals surface area contributed by atoms with Crippen molar-refractivity contribution < 1.29 is 14.6 Å². The van der Waals surface area contributed by atoms with Gasteiger partial charge >= 0.3 is 5.97 Å². The minimum atomic E-state index is -0.855. The van der Waals surface area contributed by atoms with Crippen LogP contribution >= 0.6 is 11.6 Å². The van der Waals surface area contributed by atoms with Crippen LogP contribution in [0.4, 0.5) is 0 Å². The van der Waals surface area contributed by atoms with Gasteiger partial charge in [0.25, 0.3) is 0 Å². The number of halogens is 1. The summed E-state index contributed by atoms with van der Waals surface area (Å²) in [6.45, 7) is 3.89. The molecule has 0 unspecified atom stereocenters. The summed E-state index contributed by atoms with van der Waals surface area (Å²) in [5, 5.41) is 10.4. The van der Waals surface area contributed by atoms with Gasteiger partial charge in [0.1, 0.15) is 5.75 Å². The Morgan fingerprint density at radius 1 is 1.30 bits per heavy atom. The van der Waals surface area contributed by atoms with Crippen LogP contribution < -0.4 is 4.74 Å². The highest BCUT2D eigenvalue weighted by Gasteiger charge is 2.44. The molecule has 20 heavy (non-hydrogen) atoms. The van der Waals surface area contributed by atoms with Gasteiger partial charge < -0.3 is 9.84 Å². The Balaban J connectivity index is 2.68. The van der Waals surface area contributed by atoms with E-state index in [-0.39, 0.29) is 0 Å². The second kappa shape index (κ2) is 5.65. The average Bonchev–Trinajstić information content (AvgIpc) is 2.45. The smallest absolute Gasteiger partial charge is 0.314 e. The van der Waals surface area contributed by atoms with E-state index in [9.17, 15) is 9.90 Å². The molecule has 1 N–H and O–H groups in total. The summed E-state index contributed by atoms with van der Waals surface area (Å²) in [5.41, 5.74) is 1.84. The molecular formula is C16H21ClO3. The first-order valence-electron chi connectivity index (χ1n) is 7.01. The fraction of sp³-hybridized carbons (Fsp3) is 0.562. The molecule has 0 saturated heterocycles. The summed E-state index contributed by atoms with van der Waals surface area (Å²) in [6, 6.07) is 1.94. The molecule has 0 atom stereocenters. The lowest BCUT2D eigenvalue weighted by molar-refractivity contribution is -0.145. The number of hydrogen-bond acceptors (Lipinski definition) is 2. The third-order valence-electron chi connectivity index (χ3n) is 4.56. The van der Waals surface area contributed by atoms with Gasteiger partial charge in [0, 0.05) is 5.56 Å². The van der Waals surface area contributed by atoms with Gasteiger partial charge in [0.2, 0.25) is 0 Å². The number of ether oxygens (including phenoxy) is 1.